The number of piperidine rings is 1. The lowest BCUT2D eigenvalue weighted by Crippen LogP contribution is -2.47. The number of rotatable bonds is 3. The predicted molar refractivity (Wildman–Crippen MR) is 62.8 cm³/mol. The van der Waals surface area contributed by atoms with Gasteiger partial charge in [-0.1, -0.05) is 0 Å². The molecule has 90 valence electrons. The molecule has 2 rings (SSSR count). The van der Waals surface area contributed by atoms with Crippen molar-refractivity contribution in [3.63, 3.8) is 0 Å². The van der Waals surface area contributed by atoms with E-state index >= 15 is 0 Å². The van der Waals surface area contributed by atoms with Crippen LogP contribution in [0.5, 0.6) is 0 Å². The molecule has 1 aliphatic carbocycles. The minimum atomic E-state index is -2.94. The minimum absolute atomic E-state index is 0. The largest absolute Gasteiger partial charge is 0.316 e. The number of halogens is 1. The third-order valence-electron chi connectivity index (χ3n) is 3.10. The molecule has 1 unspecified atom stereocenters. The van der Waals surface area contributed by atoms with Gasteiger partial charge in [0.05, 0.1) is 5.25 Å². The summed E-state index contributed by atoms with van der Waals surface area (Å²) < 4.78 is 25.5. The molecular formula is C9H19ClN2O2S. The van der Waals surface area contributed by atoms with Crippen molar-refractivity contribution in [3.05, 3.63) is 0 Å². The SMILES string of the molecule is CNC1CCCN(S(=O)(=O)C2CC2)C1.Cl. The maximum Gasteiger partial charge on any atom is 0.217 e. The third kappa shape index (κ3) is 2.84. The van der Waals surface area contributed by atoms with Crippen molar-refractivity contribution in [2.75, 3.05) is 20.1 Å². The maximum atomic E-state index is 11.9. The van der Waals surface area contributed by atoms with Gasteiger partial charge in [0.25, 0.3) is 0 Å². The fraction of sp³-hybridized carbons (Fsp3) is 1.00. The Morgan fingerprint density at radius 1 is 1.27 bits per heavy atom. The van der Waals surface area contributed by atoms with E-state index in [9.17, 15) is 8.42 Å². The van der Waals surface area contributed by atoms with E-state index in [1.165, 1.54) is 0 Å². The van der Waals surface area contributed by atoms with Gasteiger partial charge in [0.15, 0.2) is 0 Å². The van der Waals surface area contributed by atoms with Gasteiger partial charge in [-0.3, -0.25) is 0 Å². The Morgan fingerprint density at radius 2 is 1.93 bits per heavy atom. The number of nitrogens with zero attached hydrogens (tertiary/aromatic N) is 1. The van der Waals surface area contributed by atoms with Crippen molar-refractivity contribution in [1.82, 2.24) is 9.62 Å². The van der Waals surface area contributed by atoms with Crippen LogP contribution in [-0.4, -0.2) is 44.2 Å². The summed E-state index contributed by atoms with van der Waals surface area (Å²) in [4.78, 5) is 0. The van der Waals surface area contributed by atoms with Crippen LogP contribution in [0, 0.1) is 0 Å². The van der Waals surface area contributed by atoms with E-state index in [-0.39, 0.29) is 17.7 Å². The molecule has 4 nitrogen and oxygen atoms in total. The standard InChI is InChI=1S/C9H18N2O2S.ClH/c1-10-8-3-2-6-11(7-8)14(12,13)9-4-5-9;/h8-10H,2-7H2,1H3;1H. The zero-order valence-electron chi connectivity index (χ0n) is 8.98. The van der Waals surface area contributed by atoms with Gasteiger partial charge >= 0.3 is 0 Å². The van der Waals surface area contributed by atoms with E-state index in [0.717, 1.165) is 32.2 Å². The van der Waals surface area contributed by atoms with E-state index in [4.69, 9.17) is 0 Å². The lowest BCUT2D eigenvalue weighted by atomic mass is 10.1. The molecule has 0 bridgehead atoms. The summed E-state index contributed by atoms with van der Waals surface area (Å²) in [5.41, 5.74) is 0. The van der Waals surface area contributed by atoms with Gasteiger partial charge in [-0.05, 0) is 32.7 Å². The molecule has 2 aliphatic rings. The van der Waals surface area contributed by atoms with Crippen molar-refractivity contribution >= 4 is 22.4 Å². The maximum absolute atomic E-state index is 11.9. The van der Waals surface area contributed by atoms with Crippen LogP contribution in [0.3, 0.4) is 0 Å². The van der Waals surface area contributed by atoms with Crippen LogP contribution in [0.25, 0.3) is 0 Å². The summed E-state index contributed by atoms with van der Waals surface area (Å²) in [6, 6.07) is 0.345. The number of hydrogen-bond donors (Lipinski definition) is 1. The van der Waals surface area contributed by atoms with Crippen LogP contribution in [0.4, 0.5) is 0 Å². The fourth-order valence-corrected chi connectivity index (χ4v) is 3.91. The molecule has 0 aromatic rings. The number of hydrogen-bond acceptors (Lipinski definition) is 3. The Labute approximate surface area is 97.9 Å². The van der Waals surface area contributed by atoms with Crippen molar-refractivity contribution < 1.29 is 8.42 Å². The van der Waals surface area contributed by atoms with Crippen LogP contribution < -0.4 is 5.32 Å². The summed E-state index contributed by atoms with van der Waals surface area (Å²) >= 11 is 0. The summed E-state index contributed by atoms with van der Waals surface area (Å²) in [5, 5.41) is 3.10. The molecule has 2 fully saturated rings. The second-order valence-electron chi connectivity index (χ2n) is 4.23. The Kier molecular flexibility index (Phi) is 4.40. The Balaban J connectivity index is 0.00000112. The molecule has 1 aliphatic heterocycles. The van der Waals surface area contributed by atoms with Crippen molar-refractivity contribution in [1.29, 1.82) is 0 Å². The highest BCUT2D eigenvalue weighted by atomic mass is 35.5. The van der Waals surface area contributed by atoms with Crippen LogP contribution >= 0.6 is 12.4 Å². The summed E-state index contributed by atoms with van der Waals surface area (Å²) in [6.07, 6.45) is 3.80. The van der Waals surface area contributed by atoms with Gasteiger partial charge < -0.3 is 5.32 Å². The second kappa shape index (κ2) is 4.99. The van der Waals surface area contributed by atoms with Crippen LogP contribution in [0.2, 0.25) is 0 Å². The molecule has 0 aromatic heterocycles. The molecule has 0 spiro atoms. The summed E-state index contributed by atoms with van der Waals surface area (Å²) in [6.45, 7) is 1.38. The highest BCUT2D eigenvalue weighted by molar-refractivity contribution is 7.90. The van der Waals surface area contributed by atoms with E-state index in [2.05, 4.69) is 5.32 Å². The molecular weight excluding hydrogens is 236 g/mol. The first-order valence-electron chi connectivity index (χ1n) is 5.31. The Hall–Kier alpha value is 0.160. The number of nitrogens with one attached hydrogen (secondary N) is 1. The molecule has 15 heavy (non-hydrogen) atoms. The molecule has 0 radical (unpaired) electrons. The monoisotopic (exact) mass is 254 g/mol. The van der Waals surface area contributed by atoms with E-state index < -0.39 is 10.0 Å². The van der Waals surface area contributed by atoms with Gasteiger partial charge in [-0.25, -0.2) is 12.7 Å². The average molecular weight is 255 g/mol. The normalized spacial score (nSPS) is 28.5. The molecule has 0 amide bonds. The van der Waals surface area contributed by atoms with Crippen molar-refractivity contribution in [3.8, 4) is 0 Å². The van der Waals surface area contributed by atoms with Gasteiger partial charge in [-0.2, -0.15) is 0 Å². The highest BCUT2D eigenvalue weighted by Gasteiger charge is 2.41. The molecule has 1 heterocycles. The number of sulfonamides is 1. The molecule has 6 heteroatoms. The van der Waals surface area contributed by atoms with E-state index in [1.54, 1.807) is 4.31 Å². The predicted octanol–water partition coefficient (Wildman–Crippen LogP) is 0.584. The van der Waals surface area contributed by atoms with Crippen molar-refractivity contribution in [2.24, 2.45) is 0 Å². The first-order chi connectivity index (χ1) is 6.64. The Bertz CT molecular complexity index is 303. The molecule has 1 N–H and O–H groups in total. The zero-order valence-corrected chi connectivity index (χ0v) is 10.6. The zero-order chi connectivity index (χ0) is 10.2. The number of likely N-dealkylation sites (N-methyl/N-ethyl adjacent to an activating group) is 1. The van der Waals surface area contributed by atoms with Gasteiger partial charge in [-0.15, -0.1) is 12.4 Å². The minimum Gasteiger partial charge on any atom is -0.316 e. The van der Waals surface area contributed by atoms with Crippen molar-refractivity contribution in [2.45, 2.75) is 37.0 Å². The fourth-order valence-electron chi connectivity index (χ4n) is 1.99. The summed E-state index contributed by atoms with van der Waals surface area (Å²) in [5.74, 6) is 0. The van der Waals surface area contributed by atoms with Crippen LogP contribution in [0.1, 0.15) is 25.7 Å². The smallest absolute Gasteiger partial charge is 0.217 e. The van der Waals surface area contributed by atoms with Gasteiger partial charge in [0.1, 0.15) is 0 Å². The topological polar surface area (TPSA) is 49.4 Å². The third-order valence-corrected chi connectivity index (χ3v) is 5.46. The van der Waals surface area contributed by atoms with E-state index in [0.29, 0.717) is 12.6 Å². The molecule has 1 saturated carbocycles. The molecule has 1 saturated heterocycles. The second-order valence-corrected chi connectivity index (χ2v) is 6.44. The molecule has 0 aromatic carbocycles. The first kappa shape index (κ1) is 13.2. The lowest BCUT2D eigenvalue weighted by molar-refractivity contribution is 0.292. The van der Waals surface area contributed by atoms with Crippen LogP contribution in [0.15, 0.2) is 0 Å². The Morgan fingerprint density at radius 3 is 2.47 bits per heavy atom. The van der Waals surface area contributed by atoms with Gasteiger partial charge in [0.2, 0.25) is 10.0 Å². The molecule has 1 atom stereocenters. The summed E-state index contributed by atoms with van der Waals surface area (Å²) in [7, 11) is -1.04. The average Bonchev–Trinajstić information content (AvgIpc) is 3.01. The highest BCUT2D eigenvalue weighted by Crippen LogP contribution is 2.32. The van der Waals surface area contributed by atoms with E-state index in [1.807, 2.05) is 7.05 Å². The van der Waals surface area contributed by atoms with Crippen LogP contribution in [-0.2, 0) is 10.0 Å². The lowest BCUT2D eigenvalue weighted by Gasteiger charge is -2.31. The van der Waals surface area contributed by atoms with Gasteiger partial charge in [0, 0.05) is 19.1 Å². The quantitative estimate of drug-likeness (QED) is 0.802. The first-order valence-corrected chi connectivity index (χ1v) is 6.81.